The van der Waals surface area contributed by atoms with Crippen LogP contribution in [0.2, 0.25) is 0 Å². The van der Waals surface area contributed by atoms with Crippen molar-refractivity contribution < 1.29 is 23.2 Å². The van der Waals surface area contributed by atoms with Crippen LogP contribution in [0.4, 0.5) is 0 Å². The van der Waals surface area contributed by atoms with Crippen molar-refractivity contribution in [3.05, 3.63) is 23.8 Å². The summed E-state index contributed by atoms with van der Waals surface area (Å²) in [4.78, 5) is 11.6. The minimum Gasteiger partial charge on any atom is -0.489 e. The Hall–Kier alpha value is -1.64. The molecule has 1 amide bonds. The molecule has 3 N–H and O–H groups in total. The molecule has 2 aliphatic rings. The number of ether oxygens (including phenoxy) is 1. The molecule has 1 aromatic carbocycles. The van der Waals surface area contributed by atoms with E-state index in [1.807, 2.05) is 0 Å². The summed E-state index contributed by atoms with van der Waals surface area (Å²) in [6, 6.07) is 4.86. The molecule has 1 aromatic rings. The van der Waals surface area contributed by atoms with Crippen molar-refractivity contribution in [3.63, 3.8) is 0 Å². The van der Waals surface area contributed by atoms with E-state index in [1.54, 1.807) is 6.07 Å². The maximum absolute atomic E-state index is 12.6. The first-order valence-corrected chi connectivity index (χ1v) is 9.52. The minimum atomic E-state index is -3.93. The average Bonchev–Trinajstić information content (AvgIpc) is 2.90. The number of benzene rings is 1. The van der Waals surface area contributed by atoms with Gasteiger partial charge in [-0.25, -0.2) is 13.9 Å². The molecule has 2 unspecified atom stereocenters. The van der Waals surface area contributed by atoms with Gasteiger partial charge >= 0.3 is 0 Å². The third-order valence-electron chi connectivity index (χ3n) is 4.73. The molecule has 7 nitrogen and oxygen atoms in total. The summed E-state index contributed by atoms with van der Waals surface area (Å²) >= 11 is 0. The average molecular weight is 354 g/mol. The second kappa shape index (κ2) is 6.02. The Morgan fingerprint density at radius 3 is 2.71 bits per heavy atom. The minimum absolute atomic E-state index is 0.0405. The first-order chi connectivity index (χ1) is 11.2. The lowest BCUT2D eigenvalue weighted by Crippen LogP contribution is -2.53. The maximum atomic E-state index is 12.6. The van der Waals surface area contributed by atoms with E-state index in [1.165, 1.54) is 31.5 Å². The van der Waals surface area contributed by atoms with Crippen molar-refractivity contribution in [3.8, 4) is 5.75 Å². The number of rotatable bonds is 4. The molecule has 3 rings (SSSR count). The van der Waals surface area contributed by atoms with E-state index in [-0.39, 0.29) is 11.0 Å². The highest BCUT2D eigenvalue weighted by molar-refractivity contribution is 7.89. The van der Waals surface area contributed by atoms with E-state index < -0.39 is 21.5 Å². The molecule has 0 bridgehead atoms. The van der Waals surface area contributed by atoms with Crippen LogP contribution in [0, 0.1) is 0 Å². The molecule has 2 atom stereocenters. The SMILES string of the molecule is CC(C)(NS(=O)(=O)c1ccc2c(c1)OC1CCCCC21)C(=O)NO. The van der Waals surface area contributed by atoms with E-state index in [4.69, 9.17) is 9.94 Å². The number of hydroxylamine groups is 1. The number of sulfonamides is 1. The van der Waals surface area contributed by atoms with E-state index in [0.29, 0.717) is 11.7 Å². The van der Waals surface area contributed by atoms with Crippen LogP contribution in [0.15, 0.2) is 23.1 Å². The quantitative estimate of drug-likeness (QED) is 0.563. The van der Waals surface area contributed by atoms with Gasteiger partial charge in [-0.1, -0.05) is 12.5 Å². The molecule has 1 saturated carbocycles. The molecule has 1 aliphatic carbocycles. The summed E-state index contributed by atoms with van der Waals surface area (Å²) in [5, 5.41) is 8.73. The third kappa shape index (κ3) is 3.01. The Balaban J connectivity index is 1.87. The van der Waals surface area contributed by atoms with Crippen molar-refractivity contribution in [2.45, 2.75) is 62.0 Å². The standard InChI is InChI=1S/C16H22N2O5S/c1-16(2,15(19)17-20)18-24(21,22)10-7-8-12-11-5-3-4-6-13(11)23-14(12)9-10/h7-9,11,13,18,20H,3-6H2,1-2H3,(H,17,19). The topological polar surface area (TPSA) is 105 Å². The van der Waals surface area contributed by atoms with Gasteiger partial charge in [-0.15, -0.1) is 0 Å². The molecule has 0 radical (unpaired) electrons. The van der Waals surface area contributed by atoms with Crippen molar-refractivity contribution in [2.75, 3.05) is 0 Å². The normalized spacial score (nSPS) is 23.1. The summed E-state index contributed by atoms with van der Waals surface area (Å²) in [6.07, 6.45) is 4.48. The van der Waals surface area contributed by atoms with Crippen LogP contribution in [0.5, 0.6) is 5.75 Å². The summed E-state index contributed by atoms with van der Waals surface area (Å²) in [7, 11) is -3.93. The summed E-state index contributed by atoms with van der Waals surface area (Å²) in [6.45, 7) is 2.74. The van der Waals surface area contributed by atoms with Crippen molar-refractivity contribution in [1.82, 2.24) is 10.2 Å². The lowest BCUT2D eigenvalue weighted by atomic mass is 9.83. The maximum Gasteiger partial charge on any atom is 0.264 e. The molecule has 0 saturated heterocycles. The van der Waals surface area contributed by atoms with Gasteiger partial charge in [0.2, 0.25) is 10.0 Å². The van der Waals surface area contributed by atoms with Crippen molar-refractivity contribution in [2.24, 2.45) is 0 Å². The second-order valence-corrected chi connectivity index (χ2v) is 8.60. The zero-order valence-electron chi connectivity index (χ0n) is 13.7. The van der Waals surface area contributed by atoms with Gasteiger partial charge in [0, 0.05) is 17.5 Å². The summed E-state index contributed by atoms with van der Waals surface area (Å²) in [5.41, 5.74) is 1.04. The zero-order chi connectivity index (χ0) is 17.5. The van der Waals surface area contributed by atoms with Crippen LogP contribution in [0.1, 0.15) is 51.0 Å². The predicted octanol–water partition coefficient (Wildman–Crippen LogP) is 1.67. The Morgan fingerprint density at radius 2 is 2.00 bits per heavy atom. The third-order valence-corrected chi connectivity index (χ3v) is 6.39. The van der Waals surface area contributed by atoms with Crippen LogP contribution in [-0.4, -0.2) is 31.2 Å². The summed E-state index contributed by atoms with van der Waals surface area (Å²) < 4.78 is 33.3. The highest BCUT2D eigenvalue weighted by Crippen LogP contribution is 2.46. The molecular formula is C16H22N2O5S. The predicted molar refractivity (Wildman–Crippen MR) is 86.4 cm³/mol. The zero-order valence-corrected chi connectivity index (χ0v) is 14.5. The van der Waals surface area contributed by atoms with Crippen molar-refractivity contribution >= 4 is 15.9 Å². The fraction of sp³-hybridized carbons (Fsp3) is 0.562. The van der Waals surface area contributed by atoms with Gasteiger partial charge in [-0.3, -0.25) is 10.0 Å². The van der Waals surface area contributed by atoms with Gasteiger partial charge in [-0.2, -0.15) is 4.72 Å². The highest BCUT2D eigenvalue weighted by atomic mass is 32.2. The molecule has 8 heteroatoms. The van der Waals surface area contributed by atoms with Gasteiger partial charge in [-0.05, 0) is 39.2 Å². The van der Waals surface area contributed by atoms with Gasteiger partial charge < -0.3 is 4.74 Å². The molecular weight excluding hydrogens is 332 g/mol. The van der Waals surface area contributed by atoms with Gasteiger partial charge in [0.05, 0.1) is 4.90 Å². The fourth-order valence-electron chi connectivity index (χ4n) is 3.43. The molecule has 132 valence electrons. The number of hydrogen-bond donors (Lipinski definition) is 3. The van der Waals surface area contributed by atoms with Crippen LogP contribution >= 0.6 is 0 Å². The number of hydrogen-bond acceptors (Lipinski definition) is 5. The number of carbonyl (C=O) groups is 1. The van der Waals surface area contributed by atoms with Crippen LogP contribution in [-0.2, 0) is 14.8 Å². The Morgan fingerprint density at radius 1 is 1.29 bits per heavy atom. The van der Waals surface area contributed by atoms with Gasteiger partial charge in [0.25, 0.3) is 5.91 Å². The Bertz CT molecular complexity index is 760. The monoisotopic (exact) mass is 354 g/mol. The van der Waals surface area contributed by atoms with Crippen LogP contribution < -0.4 is 14.9 Å². The Kier molecular flexibility index (Phi) is 4.31. The number of fused-ring (bicyclic) bond motifs is 3. The lowest BCUT2D eigenvalue weighted by Gasteiger charge is -2.23. The molecule has 24 heavy (non-hydrogen) atoms. The lowest BCUT2D eigenvalue weighted by molar-refractivity contribution is -0.134. The Labute approximate surface area is 141 Å². The molecule has 1 aliphatic heterocycles. The highest BCUT2D eigenvalue weighted by Gasteiger charge is 2.38. The number of carbonyl (C=O) groups excluding carboxylic acids is 1. The first-order valence-electron chi connectivity index (χ1n) is 8.04. The van der Waals surface area contributed by atoms with Gasteiger partial charge in [0.1, 0.15) is 17.4 Å². The van der Waals surface area contributed by atoms with Crippen LogP contribution in [0.25, 0.3) is 0 Å². The van der Waals surface area contributed by atoms with E-state index in [2.05, 4.69) is 4.72 Å². The molecule has 1 heterocycles. The fourth-order valence-corrected chi connectivity index (χ4v) is 4.82. The van der Waals surface area contributed by atoms with Crippen molar-refractivity contribution in [1.29, 1.82) is 0 Å². The molecule has 0 spiro atoms. The number of nitrogens with one attached hydrogen (secondary N) is 2. The largest absolute Gasteiger partial charge is 0.489 e. The summed E-state index contributed by atoms with van der Waals surface area (Å²) in [5.74, 6) is 0.115. The first kappa shape index (κ1) is 17.2. The van der Waals surface area contributed by atoms with E-state index in [0.717, 1.165) is 31.2 Å². The second-order valence-electron chi connectivity index (χ2n) is 6.92. The van der Waals surface area contributed by atoms with E-state index >= 15 is 0 Å². The molecule has 1 fully saturated rings. The smallest absolute Gasteiger partial charge is 0.264 e. The van der Waals surface area contributed by atoms with Crippen LogP contribution in [0.3, 0.4) is 0 Å². The van der Waals surface area contributed by atoms with Gasteiger partial charge in [0.15, 0.2) is 0 Å². The molecule has 0 aromatic heterocycles. The van der Waals surface area contributed by atoms with E-state index in [9.17, 15) is 13.2 Å². The number of amides is 1.